The van der Waals surface area contributed by atoms with Gasteiger partial charge < -0.3 is 15.3 Å². The number of aliphatic hydroxyl groups is 2. The van der Waals surface area contributed by atoms with Crippen LogP contribution in [0.4, 0.5) is 0 Å². The fraction of sp³-hybridized carbons (Fsp3) is 0.714. The van der Waals surface area contributed by atoms with E-state index in [0.717, 1.165) is 44.1 Å². The number of carbonyl (C=O) groups excluding carboxylic acids is 1. The van der Waals surface area contributed by atoms with E-state index in [2.05, 4.69) is 27.7 Å². The third-order valence-electron chi connectivity index (χ3n) is 11.4. The first-order valence-corrected chi connectivity index (χ1v) is 12.5. The van der Waals surface area contributed by atoms with Crippen molar-refractivity contribution in [3.63, 3.8) is 0 Å². The van der Waals surface area contributed by atoms with Crippen LogP contribution in [-0.2, 0) is 9.59 Å². The van der Waals surface area contributed by atoms with Gasteiger partial charge in [0.15, 0.2) is 5.78 Å². The maximum Gasteiger partial charge on any atom is 0.309 e. The van der Waals surface area contributed by atoms with Crippen molar-refractivity contribution in [2.24, 2.45) is 33.0 Å². The van der Waals surface area contributed by atoms with Crippen LogP contribution < -0.4 is 0 Å². The van der Waals surface area contributed by atoms with Gasteiger partial charge in [0, 0.05) is 23.8 Å². The number of aliphatic hydroxyl groups excluding tert-OH is 2. The minimum Gasteiger partial charge on any atom is -0.508 e. The van der Waals surface area contributed by atoms with E-state index in [1.807, 2.05) is 13.0 Å². The third-order valence-corrected chi connectivity index (χ3v) is 11.4. The van der Waals surface area contributed by atoms with Gasteiger partial charge in [0.05, 0.1) is 5.41 Å². The second-order valence-corrected chi connectivity index (χ2v) is 13.0. The van der Waals surface area contributed by atoms with Gasteiger partial charge in [-0.1, -0.05) is 27.7 Å². The Morgan fingerprint density at radius 3 is 2.21 bits per heavy atom. The summed E-state index contributed by atoms with van der Waals surface area (Å²) >= 11 is 0. The summed E-state index contributed by atoms with van der Waals surface area (Å²) in [6, 6.07) is 0. The van der Waals surface area contributed by atoms with E-state index in [1.54, 1.807) is 0 Å². The number of hydrogen-bond acceptors (Lipinski definition) is 4. The second-order valence-electron chi connectivity index (χ2n) is 13.0. The highest BCUT2D eigenvalue weighted by molar-refractivity contribution is 6.07. The zero-order valence-corrected chi connectivity index (χ0v) is 20.7. The van der Waals surface area contributed by atoms with Crippen LogP contribution in [0.2, 0.25) is 0 Å². The van der Waals surface area contributed by atoms with Crippen molar-refractivity contribution in [3.8, 4) is 0 Å². The number of ketones is 1. The zero-order chi connectivity index (χ0) is 24.2. The third kappa shape index (κ3) is 2.71. The fourth-order valence-corrected chi connectivity index (χ4v) is 8.74. The number of carboxylic acid groups (broad SMARTS) is 1. The van der Waals surface area contributed by atoms with Gasteiger partial charge in [0.1, 0.15) is 11.5 Å². The Morgan fingerprint density at radius 2 is 1.55 bits per heavy atom. The van der Waals surface area contributed by atoms with Crippen LogP contribution >= 0.6 is 0 Å². The van der Waals surface area contributed by atoms with Crippen LogP contribution in [0.1, 0.15) is 92.4 Å². The summed E-state index contributed by atoms with van der Waals surface area (Å²) in [4.78, 5) is 25.5. The molecule has 3 N–H and O–H groups in total. The molecule has 0 radical (unpaired) electrons. The lowest BCUT2D eigenvalue weighted by atomic mass is 9.34. The van der Waals surface area contributed by atoms with Crippen LogP contribution in [0.3, 0.4) is 0 Å². The maximum absolute atomic E-state index is 13.3. The second kappa shape index (κ2) is 6.55. The van der Waals surface area contributed by atoms with Crippen LogP contribution in [-0.4, -0.2) is 27.1 Å². The van der Waals surface area contributed by atoms with Gasteiger partial charge in [-0.25, -0.2) is 0 Å². The molecule has 0 aromatic rings. The molecule has 5 rings (SSSR count). The quantitative estimate of drug-likeness (QED) is 0.425. The number of hydrogen-bond donors (Lipinski definition) is 3. The van der Waals surface area contributed by atoms with E-state index in [0.29, 0.717) is 12.0 Å². The summed E-state index contributed by atoms with van der Waals surface area (Å²) in [5.74, 6) is -0.541. The summed E-state index contributed by atoms with van der Waals surface area (Å²) in [5.41, 5.74) is 1.60. The smallest absolute Gasteiger partial charge is 0.309 e. The van der Waals surface area contributed by atoms with Gasteiger partial charge in [0.2, 0.25) is 0 Å². The average Bonchev–Trinajstić information content (AvgIpc) is 2.75. The molecule has 0 aromatic heterocycles. The first-order valence-electron chi connectivity index (χ1n) is 12.5. The lowest BCUT2D eigenvalue weighted by molar-refractivity contribution is -0.178. The summed E-state index contributed by atoms with van der Waals surface area (Å²) < 4.78 is 0. The zero-order valence-electron chi connectivity index (χ0n) is 20.7. The maximum atomic E-state index is 13.3. The molecule has 6 atom stereocenters. The normalized spacial score (nSPS) is 47.2. The molecule has 3 fully saturated rings. The molecular weight excluding hydrogens is 416 g/mol. The van der Waals surface area contributed by atoms with E-state index in [9.17, 15) is 24.9 Å². The molecule has 0 aliphatic heterocycles. The predicted molar refractivity (Wildman–Crippen MR) is 126 cm³/mol. The Hall–Kier alpha value is -2.04. The molecule has 5 aliphatic carbocycles. The molecule has 5 aliphatic rings. The van der Waals surface area contributed by atoms with Gasteiger partial charge in [-0.2, -0.15) is 0 Å². The highest BCUT2D eigenvalue weighted by Crippen LogP contribution is 2.75. The summed E-state index contributed by atoms with van der Waals surface area (Å²) in [5, 5.41) is 30.5. The SMILES string of the molecule is C[C@@]1(C(=O)O)CC[C@]2(C)CC[C@]3(C)C4=CC(=O)C5=C(CC(O)=C(O)C5)[C@]4(C)CC[C@@]3(C)[C@@H]2C1. The van der Waals surface area contributed by atoms with E-state index in [4.69, 9.17) is 0 Å². The highest BCUT2D eigenvalue weighted by Gasteiger charge is 2.67. The van der Waals surface area contributed by atoms with Crippen molar-refractivity contribution in [2.75, 3.05) is 0 Å². The van der Waals surface area contributed by atoms with Crippen LogP contribution in [0.15, 0.2) is 34.3 Å². The van der Waals surface area contributed by atoms with Gasteiger partial charge in [-0.3, -0.25) is 9.59 Å². The molecule has 0 unspecified atom stereocenters. The first kappa shape index (κ1) is 22.7. The molecule has 0 spiro atoms. The minimum absolute atomic E-state index is 0.0109. The minimum atomic E-state index is -0.698. The summed E-state index contributed by atoms with van der Waals surface area (Å²) in [6.07, 6.45) is 8.44. The van der Waals surface area contributed by atoms with Crippen molar-refractivity contribution >= 4 is 11.8 Å². The summed E-state index contributed by atoms with van der Waals surface area (Å²) in [7, 11) is 0. The molecule has 5 heteroatoms. The van der Waals surface area contributed by atoms with Crippen molar-refractivity contribution in [1.29, 1.82) is 0 Å². The van der Waals surface area contributed by atoms with Gasteiger partial charge in [0.25, 0.3) is 0 Å². The van der Waals surface area contributed by atoms with Gasteiger partial charge in [-0.15, -0.1) is 0 Å². The van der Waals surface area contributed by atoms with E-state index in [1.165, 1.54) is 5.57 Å². The number of aliphatic carboxylic acids is 1. The Morgan fingerprint density at radius 1 is 0.909 bits per heavy atom. The van der Waals surface area contributed by atoms with Crippen LogP contribution in [0.5, 0.6) is 0 Å². The van der Waals surface area contributed by atoms with E-state index < -0.39 is 11.4 Å². The highest BCUT2D eigenvalue weighted by atomic mass is 16.4. The van der Waals surface area contributed by atoms with Crippen molar-refractivity contribution in [1.82, 2.24) is 0 Å². The largest absolute Gasteiger partial charge is 0.508 e. The number of fused-ring (bicyclic) bond motifs is 6. The van der Waals surface area contributed by atoms with E-state index in [-0.39, 0.29) is 57.7 Å². The number of carbonyl (C=O) groups is 2. The molecule has 5 nitrogen and oxygen atoms in total. The van der Waals surface area contributed by atoms with Crippen molar-refractivity contribution < 1.29 is 24.9 Å². The predicted octanol–water partition coefficient (Wildman–Crippen LogP) is 6.42. The Labute approximate surface area is 196 Å². The Bertz CT molecular complexity index is 1060. The fourth-order valence-electron chi connectivity index (χ4n) is 8.74. The lowest BCUT2D eigenvalue weighted by Gasteiger charge is -2.70. The molecule has 3 saturated carbocycles. The Balaban J connectivity index is 1.60. The van der Waals surface area contributed by atoms with Gasteiger partial charge >= 0.3 is 5.97 Å². The van der Waals surface area contributed by atoms with Crippen LogP contribution in [0, 0.1) is 33.0 Å². The van der Waals surface area contributed by atoms with E-state index >= 15 is 0 Å². The topological polar surface area (TPSA) is 94.8 Å². The standard InChI is InChI=1S/C28H38O5/c1-24-6-7-25(2,23(32)33)15-22(24)28(5)11-9-26(3)17-13-20(31)19(30)12-16(17)18(29)14-21(26)27(28,4)10-8-24/h14,22,30-31H,6-13,15H2,1-5H3,(H,32,33)/t22-,24-,25-,26+,27-,28+/m1/s1. The number of allylic oxidation sites excluding steroid dienone is 4. The number of rotatable bonds is 1. The number of carboxylic acids is 1. The lowest BCUT2D eigenvalue weighted by Crippen LogP contribution is -2.62. The molecule has 0 bridgehead atoms. The average molecular weight is 455 g/mol. The molecule has 0 amide bonds. The molecule has 0 heterocycles. The summed E-state index contributed by atoms with van der Waals surface area (Å²) in [6.45, 7) is 11.2. The monoisotopic (exact) mass is 454 g/mol. The molecule has 33 heavy (non-hydrogen) atoms. The molecular formula is C28H38O5. The molecule has 0 saturated heterocycles. The molecule has 180 valence electrons. The Kier molecular flexibility index (Phi) is 4.51. The first-order chi connectivity index (χ1) is 15.2. The molecule has 0 aromatic carbocycles. The van der Waals surface area contributed by atoms with Gasteiger partial charge in [-0.05, 0) is 91.3 Å². The van der Waals surface area contributed by atoms with Crippen LogP contribution in [0.25, 0.3) is 0 Å². The van der Waals surface area contributed by atoms with Crippen molar-refractivity contribution in [2.45, 2.75) is 92.4 Å². The van der Waals surface area contributed by atoms with Crippen molar-refractivity contribution in [3.05, 3.63) is 34.3 Å².